The molecule has 5 heteroatoms. The molecule has 11 heavy (non-hydrogen) atoms. The predicted molar refractivity (Wildman–Crippen MR) is 38.7 cm³/mol. The van der Waals surface area contributed by atoms with Crippen LogP contribution in [-0.2, 0) is 9.47 Å². The van der Waals surface area contributed by atoms with Gasteiger partial charge >= 0.3 is 0 Å². The molecule has 0 unspecified atom stereocenters. The van der Waals surface area contributed by atoms with E-state index in [2.05, 4.69) is 0 Å². The van der Waals surface area contributed by atoms with Crippen LogP contribution in [0, 0.1) is 0 Å². The van der Waals surface area contributed by atoms with E-state index < -0.39 is 24.5 Å². The number of aliphatic hydroxyl groups is 1. The number of hydrogen-bond donors (Lipinski definition) is 3. The SMILES string of the molecule is CO[C@H]1OC[C@@H](O)[C@H](N)[C@@H]1N. The first-order valence-corrected chi connectivity index (χ1v) is 3.50. The van der Waals surface area contributed by atoms with Gasteiger partial charge in [-0.3, -0.25) is 0 Å². The predicted octanol–water partition coefficient (Wildman–Crippen LogP) is -2.00. The van der Waals surface area contributed by atoms with Gasteiger partial charge in [-0.25, -0.2) is 0 Å². The molecule has 1 fully saturated rings. The van der Waals surface area contributed by atoms with Crippen LogP contribution in [0.3, 0.4) is 0 Å². The smallest absolute Gasteiger partial charge is 0.173 e. The van der Waals surface area contributed by atoms with Crippen LogP contribution in [0.15, 0.2) is 0 Å². The normalized spacial score (nSPS) is 45.8. The van der Waals surface area contributed by atoms with Crippen LogP contribution in [0.4, 0.5) is 0 Å². The highest BCUT2D eigenvalue weighted by Gasteiger charge is 2.34. The molecule has 1 aliphatic heterocycles. The summed E-state index contributed by atoms with van der Waals surface area (Å²) in [5, 5.41) is 9.18. The summed E-state index contributed by atoms with van der Waals surface area (Å²) in [5.41, 5.74) is 11.1. The van der Waals surface area contributed by atoms with Crippen molar-refractivity contribution in [1.29, 1.82) is 0 Å². The van der Waals surface area contributed by atoms with E-state index in [4.69, 9.17) is 20.9 Å². The minimum absolute atomic E-state index is 0.188. The van der Waals surface area contributed by atoms with Crippen molar-refractivity contribution in [3.05, 3.63) is 0 Å². The van der Waals surface area contributed by atoms with Crippen LogP contribution in [-0.4, -0.2) is 43.3 Å². The second-order valence-corrected chi connectivity index (χ2v) is 2.66. The molecule has 0 aromatic heterocycles. The van der Waals surface area contributed by atoms with Crippen molar-refractivity contribution in [3.63, 3.8) is 0 Å². The third kappa shape index (κ3) is 1.69. The molecular weight excluding hydrogens is 148 g/mol. The van der Waals surface area contributed by atoms with E-state index in [1.54, 1.807) is 0 Å². The highest BCUT2D eigenvalue weighted by atomic mass is 16.7. The molecule has 0 bridgehead atoms. The van der Waals surface area contributed by atoms with Crippen LogP contribution in [0.5, 0.6) is 0 Å². The largest absolute Gasteiger partial charge is 0.389 e. The molecule has 0 spiro atoms. The molecule has 0 radical (unpaired) electrons. The number of hydrogen-bond acceptors (Lipinski definition) is 5. The van der Waals surface area contributed by atoms with E-state index in [1.807, 2.05) is 0 Å². The molecule has 0 aromatic carbocycles. The van der Waals surface area contributed by atoms with Gasteiger partial charge in [-0.15, -0.1) is 0 Å². The van der Waals surface area contributed by atoms with Crippen LogP contribution in [0.25, 0.3) is 0 Å². The number of nitrogens with two attached hydrogens (primary N) is 2. The van der Waals surface area contributed by atoms with Crippen molar-refractivity contribution in [2.24, 2.45) is 11.5 Å². The molecule has 1 saturated heterocycles. The number of methoxy groups -OCH3 is 1. The number of ether oxygens (including phenoxy) is 2. The molecular formula is C6H14N2O3. The molecule has 1 rings (SSSR count). The second-order valence-electron chi connectivity index (χ2n) is 2.66. The molecule has 1 heterocycles. The van der Waals surface area contributed by atoms with Gasteiger partial charge in [0.2, 0.25) is 0 Å². The monoisotopic (exact) mass is 162 g/mol. The van der Waals surface area contributed by atoms with Gasteiger partial charge in [-0.05, 0) is 0 Å². The maximum absolute atomic E-state index is 9.18. The summed E-state index contributed by atoms with van der Waals surface area (Å²) in [6.45, 7) is 0.188. The second kappa shape index (κ2) is 3.46. The Morgan fingerprint density at radius 3 is 2.64 bits per heavy atom. The van der Waals surface area contributed by atoms with E-state index in [0.717, 1.165) is 0 Å². The number of rotatable bonds is 1. The van der Waals surface area contributed by atoms with Crippen molar-refractivity contribution < 1.29 is 14.6 Å². The van der Waals surface area contributed by atoms with Crippen molar-refractivity contribution in [2.75, 3.05) is 13.7 Å². The lowest BCUT2D eigenvalue weighted by atomic mass is 10.0. The minimum Gasteiger partial charge on any atom is -0.389 e. The van der Waals surface area contributed by atoms with Crippen LogP contribution < -0.4 is 11.5 Å². The summed E-state index contributed by atoms with van der Waals surface area (Å²) in [5.74, 6) is 0. The van der Waals surface area contributed by atoms with E-state index in [-0.39, 0.29) is 6.61 Å². The molecule has 1 aliphatic rings. The summed E-state index contributed by atoms with van der Waals surface area (Å²) >= 11 is 0. The summed E-state index contributed by atoms with van der Waals surface area (Å²) in [6.07, 6.45) is -1.18. The summed E-state index contributed by atoms with van der Waals surface area (Å²) in [6, 6.07) is -0.919. The van der Waals surface area contributed by atoms with Gasteiger partial charge in [0.1, 0.15) is 0 Å². The van der Waals surface area contributed by atoms with E-state index >= 15 is 0 Å². The maximum atomic E-state index is 9.18. The van der Waals surface area contributed by atoms with E-state index in [0.29, 0.717) is 0 Å². The van der Waals surface area contributed by atoms with Gasteiger partial charge < -0.3 is 26.0 Å². The van der Waals surface area contributed by atoms with Crippen LogP contribution >= 0.6 is 0 Å². The fourth-order valence-electron chi connectivity index (χ4n) is 1.08. The summed E-state index contributed by atoms with van der Waals surface area (Å²) < 4.78 is 9.93. The van der Waals surface area contributed by atoms with Gasteiger partial charge in [0.15, 0.2) is 6.29 Å². The lowest BCUT2D eigenvalue weighted by molar-refractivity contribution is -0.188. The van der Waals surface area contributed by atoms with Crippen molar-refractivity contribution in [1.82, 2.24) is 0 Å². The van der Waals surface area contributed by atoms with Crippen LogP contribution in [0.2, 0.25) is 0 Å². The maximum Gasteiger partial charge on any atom is 0.173 e. The Bertz CT molecular complexity index is 131. The Hall–Kier alpha value is -0.200. The summed E-state index contributed by atoms with van der Waals surface area (Å²) in [4.78, 5) is 0. The molecule has 66 valence electrons. The Balaban J connectivity index is 2.52. The zero-order valence-corrected chi connectivity index (χ0v) is 6.43. The van der Waals surface area contributed by atoms with Crippen molar-refractivity contribution in [3.8, 4) is 0 Å². The first-order valence-electron chi connectivity index (χ1n) is 3.50. The first kappa shape index (κ1) is 8.89. The standard InChI is InChI=1S/C6H14N2O3/c1-10-6-5(8)4(7)3(9)2-11-6/h3-6,9H,2,7-8H2,1H3/t3-,4+,5+,6+/m1/s1. The Morgan fingerprint density at radius 2 is 2.09 bits per heavy atom. The molecule has 0 aliphatic carbocycles. The molecule has 5 N–H and O–H groups in total. The van der Waals surface area contributed by atoms with Gasteiger partial charge in [0, 0.05) is 7.11 Å². The van der Waals surface area contributed by atoms with Gasteiger partial charge in [0.05, 0.1) is 24.8 Å². The zero-order chi connectivity index (χ0) is 8.43. The highest BCUT2D eigenvalue weighted by molar-refractivity contribution is 4.88. The third-order valence-electron chi connectivity index (χ3n) is 1.87. The van der Waals surface area contributed by atoms with Gasteiger partial charge in [0.25, 0.3) is 0 Å². The average molecular weight is 162 g/mol. The van der Waals surface area contributed by atoms with Gasteiger partial charge in [-0.2, -0.15) is 0 Å². The van der Waals surface area contributed by atoms with Crippen LogP contribution in [0.1, 0.15) is 0 Å². The van der Waals surface area contributed by atoms with Crippen molar-refractivity contribution >= 4 is 0 Å². The van der Waals surface area contributed by atoms with E-state index in [1.165, 1.54) is 7.11 Å². The quantitative estimate of drug-likeness (QED) is 0.415. The van der Waals surface area contributed by atoms with Crippen molar-refractivity contribution in [2.45, 2.75) is 24.5 Å². The Labute approximate surface area is 65.3 Å². The lowest BCUT2D eigenvalue weighted by Gasteiger charge is -2.35. The average Bonchev–Trinajstić information content (AvgIpc) is 2.01. The molecule has 0 amide bonds. The Morgan fingerprint density at radius 1 is 1.45 bits per heavy atom. The first-order chi connectivity index (χ1) is 5.16. The molecule has 0 saturated carbocycles. The molecule has 4 atom stereocenters. The highest BCUT2D eigenvalue weighted by Crippen LogP contribution is 2.11. The topological polar surface area (TPSA) is 90.7 Å². The fourth-order valence-corrected chi connectivity index (χ4v) is 1.08. The zero-order valence-electron chi connectivity index (χ0n) is 6.43. The van der Waals surface area contributed by atoms with Gasteiger partial charge in [-0.1, -0.05) is 0 Å². The minimum atomic E-state index is -0.684. The third-order valence-corrected chi connectivity index (χ3v) is 1.87. The molecule has 5 nitrogen and oxygen atoms in total. The Kier molecular flexibility index (Phi) is 2.80. The number of aliphatic hydroxyl groups excluding tert-OH is 1. The van der Waals surface area contributed by atoms with E-state index in [9.17, 15) is 5.11 Å². The summed E-state index contributed by atoms with van der Waals surface area (Å²) in [7, 11) is 1.49. The fraction of sp³-hybridized carbons (Fsp3) is 1.00. The molecule has 0 aromatic rings. The lowest BCUT2D eigenvalue weighted by Crippen LogP contribution is -2.61.